The normalized spacial score (nSPS) is 29.0. The zero-order chi connectivity index (χ0) is 9.26. The third kappa shape index (κ3) is 1.51. The van der Waals surface area contributed by atoms with Gasteiger partial charge in [0.15, 0.2) is 0 Å². The molecule has 0 bridgehead atoms. The number of nitrogens with one attached hydrogen (secondary N) is 1. The van der Waals surface area contributed by atoms with Crippen molar-refractivity contribution >= 4 is 0 Å². The second-order valence-corrected chi connectivity index (χ2v) is 3.58. The molecule has 1 aliphatic carbocycles. The van der Waals surface area contributed by atoms with Gasteiger partial charge >= 0.3 is 5.69 Å². The molecule has 3 N–H and O–H groups in total. The van der Waals surface area contributed by atoms with Gasteiger partial charge in [0.05, 0.1) is 6.04 Å². The second-order valence-electron chi connectivity index (χ2n) is 3.58. The average molecular weight is 182 g/mol. The van der Waals surface area contributed by atoms with Crippen molar-refractivity contribution in [3.63, 3.8) is 0 Å². The minimum absolute atomic E-state index is 0.101. The summed E-state index contributed by atoms with van der Waals surface area (Å²) in [6, 6.07) is 0.240. The van der Waals surface area contributed by atoms with Gasteiger partial charge in [-0.05, 0) is 12.8 Å². The van der Waals surface area contributed by atoms with E-state index < -0.39 is 0 Å². The summed E-state index contributed by atoms with van der Waals surface area (Å²) in [5.41, 5.74) is 5.79. The van der Waals surface area contributed by atoms with Crippen molar-refractivity contribution < 1.29 is 0 Å². The van der Waals surface area contributed by atoms with Crippen molar-refractivity contribution in [1.29, 1.82) is 0 Å². The molecule has 1 fully saturated rings. The van der Waals surface area contributed by atoms with Crippen molar-refractivity contribution in [2.75, 3.05) is 0 Å². The number of rotatable bonds is 1. The van der Waals surface area contributed by atoms with Gasteiger partial charge in [0.1, 0.15) is 6.33 Å². The molecule has 0 aliphatic heterocycles. The molecular weight excluding hydrogens is 168 g/mol. The molecule has 0 unspecified atom stereocenters. The van der Waals surface area contributed by atoms with Crippen LogP contribution in [0.3, 0.4) is 0 Å². The van der Waals surface area contributed by atoms with Gasteiger partial charge in [-0.25, -0.2) is 9.89 Å². The fraction of sp³-hybridized carbons (Fsp3) is 0.750. The van der Waals surface area contributed by atoms with Gasteiger partial charge in [-0.1, -0.05) is 12.8 Å². The van der Waals surface area contributed by atoms with Crippen LogP contribution in [-0.2, 0) is 0 Å². The Labute approximate surface area is 75.9 Å². The smallest absolute Gasteiger partial charge is 0.326 e. The van der Waals surface area contributed by atoms with Gasteiger partial charge in [-0.2, -0.15) is 5.10 Å². The molecule has 13 heavy (non-hydrogen) atoms. The van der Waals surface area contributed by atoms with Crippen molar-refractivity contribution in [3.8, 4) is 0 Å². The summed E-state index contributed by atoms with van der Waals surface area (Å²) < 4.78 is 1.61. The van der Waals surface area contributed by atoms with E-state index in [9.17, 15) is 4.79 Å². The monoisotopic (exact) mass is 182 g/mol. The lowest BCUT2D eigenvalue weighted by molar-refractivity contribution is 0.300. The maximum atomic E-state index is 11.3. The number of H-pyrrole nitrogens is 1. The lowest BCUT2D eigenvalue weighted by Gasteiger charge is -2.28. The van der Waals surface area contributed by atoms with Gasteiger partial charge in [-0.15, -0.1) is 0 Å². The predicted molar refractivity (Wildman–Crippen MR) is 48.3 cm³/mol. The molecule has 0 radical (unpaired) electrons. The zero-order valence-corrected chi connectivity index (χ0v) is 7.44. The van der Waals surface area contributed by atoms with Crippen molar-refractivity contribution in [2.24, 2.45) is 5.73 Å². The Kier molecular flexibility index (Phi) is 2.18. The van der Waals surface area contributed by atoms with E-state index in [0.717, 1.165) is 19.3 Å². The fourth-order valence-corrected chi connectivity index (χ4v) is 1.98. The minimum Gasteiger partial charge on any atom is -0.326 e. The van der Waals surface area contributed by atoms with Crippen LogP contribution >= 0.6 is 0 Å². The van der Waals surface area contributed by atoms with E-state index >= 15 is 0 Å². The van der Waals surface area contributed by atoms with Crippen LogP contribution in [-0.4, -0.2) is 20.8 Å². The molecule has 2 rings (SSSR count). The Balaban J connectivity index is 2.24. The van der Waals surface area contributed by atoms with Crippen LogP contribution in [0.25, 0.3) is 0 Å². The molecule has 2 atom stereocenters. The lowest BCUT2D eigenvalue weighted by atomic mass is 9.91. The maximum absolute atomic E-state index is 11.3. The second kappa shape index (κ2) is 3.33. The molecule has 5 heteroatoms. The highest BCUT2D eigenvalue weighted by Crippen LogP contribution is 2.25. The standard InChI is InChI=1S/C8H14N4O/c9-6-3-1-2-4-7(6)12-5-10-11-8(12)13/h5-7H,1-4,9H2,(H,11,13)/t6-,7-/m1/s1. The summed E-state index contributed by atoms with van der Waals surface area (Å²) in [6.45, 7) is 0. The van der Waals surface area contributed by atoms with E-state index in [2.05, 4.69) is 10.2 Å². The molecule has 1 aromatic heterocycles. The topological polar surface area (TPSA) is 76.7 Å². The Morgan fingerprint density at radius 1 is 1.54 bits per heavy atom. The Morgan fingerprint density at radius 3 is 2.92 bits per heavy atom. The van der Waals surface area contributed by atoms with E-state index in [4.69, 9.17) is 5.73 Å². The van der Waals surface area contributed by atoms with Crippen LogP contribution < -0.4 is 11.4 Å². The Bertz CT molecular complexity index is 329. The number of nitrogens with two attached hydrogens (primary N) is 1. The Morgan fingerprint density at radius 2 is 2.31 bits per heavy atom. The van der Waals surface area contributed by atoms with E-state index in [1.165, 1.54) is 12.7 Å². The SMILES string of the molecule is N[C@@H]1CCCC[C@H]1n1cn[nH]c1=O. The van der Waals surface area contributed by atoms with Gasteiger partial charge in [0.2, 0.25) is 0 Å². The van der Waals surface area contributed by atoms with Crippen LogP contribution in [0.15, 0.2) is 11.1 Å². The van der Waals surface area contributed by atoms with Gasteiger partial charge in [0, 0.05) is 6.04 Å². The molecule has 5 nitrogen and oxygen atoms in total. The summed E-state index contributed by atoms with van der Waals surface area (Å²) in [4.78, 5) is 11.3. The summed E-state index contributed by atoms with van der Waals surface area (Å²) in [7, 11) is 0. The zero-order valence-electron chi connectivity index (χ0n) is 7.44. The number of hydrogen-bond acceptors (Lipinski definition) is 3. The average Bonchev–Trinajstić information content (AvgIpc) is 2.52. The molecule has 0 spiro atoms. The molecule has 0 aromatic carbocycles. The number of aromatic nitrogens is 3. The molecule has 1 heterocycles. The first-order valence-electron chi connectivity index (χ1n) is 4.66. The lowest BCUT2D eigenvalue weighted by Crippen LogP contribution is -2.38. The van der Waals surface area contributed by atoms with Crippen molar-refractivity contribution in [3.05, 3.63) is 16.8 Å². The minimum atomic E-state index is -0.151. The number of nitrogens with zero attached hydrogens (tertiary/aromatic N) is 2. The number of hydrogen-bond donors (Lipinski definition) is 2. The number of aromatic amines is 1. The van der Waals surface area contributed by atoms with Crippen LogP contribution in [0.5, 0.6) is 0 Å². The highest BCUT2D eigenvalue weighted by atomic mass is 16.1. The van der Waals surface area contributed by atoms with Gasteiger partial charge < -0.3 is 5.73 Å². The first-order valence-corrected chi connectivity index (χ1v) is 4.66. The third-order valence-corrected chi connectivity index (χ3v) is 2.72. The highest BCUT2D eigenvalue weighted by Gasteiger charge is 2.24. The van der Waals surface area contributed by atoms with E-state index in [1.54, 1.807) is 4.57 Å². The fourth-order valence-electron chi connectivity index (χ4n) is 1.98. The molecule has 1 aliphatic rings. The third-order valence-electron chi connectivity index (χ3n) is 2.72. The van der Waals surface area contributed by atoms with Crippen LogP contribution in [0.2, 0.25) is 0 Å². The maximum Gasteiger partial charge on any atom is 0.343 e. The van der Waals surface area contributed by atoms with E-state index in [1.807, 2.05) is 0 Å². The molecule has 0 saturated heterocycles. The molecule has 0 amide bonds. The quantitative estimate of drug-likeness (QED) is 0.642. The van der Waals surface area contributed by atoms with E-state index in [0.29, 0.717) is 0 Å². The molecule has 1 saturated carbocycles. The van der Waals surface area contributed by atoms with Crippen molar-refractivity contribution in [2.45, 2.75) is 37.8 Å². The molecule has 1 aromatic rings. The first kappa shape index (κ1) is 8.50. The van der Waals surface area contributed by atoms with Crippen molar-refractivity contribution in [1.82, 2.24) is 14.8 Å². The summed E-state index contributed by atoms with van der Waals surface area (Å²) in [5.74, 6) is 0. The predicted octanol–water partition coefficient (Wildman–Crippen LogP) is 0.0138. The summed E-state index contributed by atoms with van der Waals surface area (Å²) in [5, 5.41) is 6.09. The van der Waals surface area contributed by atoms with Gasteiger partial charge in [0.25, 0.3) is 0 Å². The highest BCUT2D eigenvalue weighted by molar-refractivity contribution is 4.85. The van der Waals surface area contributed by atoms with E-state index in [-0.39, 0.29) is 17.8 Å². The molecular formula is C8H14N4O. The molecule has 72 valence electrons. The van der Waals surface area contributed by atoms with Crippen LogP contribution in [0.1, 0.15) is 31.7 Å². The first-order chi connectivity index (χ1) is 6.29. The Hall–Kier alpha value is -1.10. The largest absolute Gasteiger partial charge is 0.343 e. The van der Waals surface area contributed by atoms with Gasteiger partial charge in [-0.3, -0.25) is 4.57 Å². The summed E-state index contributed by atoms with van der Waals surface area (Å²) >= 11 is 0. The summed E-state index contributed by atoms with van der Waals surface area (Å²) in [6.07, 6.45) is 5.85. The van der Waals surface area contributed by atoms with Crippen LogP contribution in [0, 0.1) is 0 Å². The van der Waals surface area contributed by atoms with Crippen LogP contribution in [0.4, 0.5) is 0 Å².